The van der Waals surface area contributed by atoms with Crippen molar-refractivity contribution in [1.29, 1.82) is 0 Å². The normalized spacial score (nSPS) is 16.5. The second-order valence-electron chi connectivity index (χ2n) is 13.2. The first kappa shape index (κ1) is 42.9. The first-order valence-electron chi connectivity index (χ1n) is 16.1. The van der Waals surface area contributed by atoms with Crippen LogP contribution in [0.25, 0.3) is 0 Å². The molecule has 50 heavy (non-hydrogen) atoms. The molecule has 20 heteroatoms. The molecule has 0 amide bonds. The van der Waals surface area contributed by atoms with E-state index in [0.29, 0.717) is 63.4 Å². The van der Waals surface area contributed by atoms with Gasteiger partial charge in [-0.3, -0.25) is 0 Å². The Bertz CT molecular complexity index is 1190. The van der Waals surface area contributed by atoms with Crippen molar-refractivity contribution in [2.45, 2.75) is 64.8 Å². The van der Waals surface area contributed by atoms with Crippen molar-refractivity contribution >= 4 is 47.0 Å². The van der Waals surface area contributed by atoms with E-state index in [1.165, 1.54) is 0 Å². The summed E-state index contributed by atoms with van der Waals surface area (Å²) in [5.74, 6) is -0.0215. The van der Waals surface area contributed by atoms with E-state index in [-0.39, 0.29) is 24.3 Å². The number of aliphatic hydroxyl groups excluding tert-OH is 2. The maximum absolute atomic E-state index is 9.95. The molecular weight excluding hydrogens is 697 g/mol. The van der Waals surface area contributed by atoms with E-state index in [0.717, 1.165) is 61.3 Å². The van der Waals surface area contributed by atoms with Gasteiger partial charge in [-0.2, -0.15) is 8.75 Å². The summed E-state index contributed by atoms with van der Waals surface area (Å²) in [4.78, 5) is 23.3. The minimum atomic E-state index is -1.26. The van der Waals surface area contributed by atoms with E-state index in [2.05, 4.69) is 79.5 Å². The molecule has 2 aromatic rings. The molecule has 0 aliphatic carbocycles. The Labute approximate surface area is 301 Å². The van der Waals surface area contributed by atoms with E-state index >= 15 is 0 Å². The van der Waals surface area contributed by atoms with Crippen LogP contribution in [0.4, 0.5) is 11.6 Å². The summed E-state index contributed by atoms with van der Waals surface area (Å²) in [6, 6.07) is 0. The average molecular weight is 749 g/mol. The van der Waals surface area contributed by atoms with Gasteiger partial charge in [-0.15, -0.1) is 8.75 Å². The van der Waals surface area contributed by atoms with Crippen LogP contribution in [0.1, 0.15) is 41.5 Å². The molecule has 2 fully saturated rings. The van der Waals surface area contributed by atoms with E-state index in [1.807, 2.05) is 0 Å². The predicted molar refractivity (Wildman–Crippen MR) is 189 cm³/mol. The van der Waals surface area contributed by atoms with Gasteiger partial charge in [0.2, 0.25) is 11.6 Å². The highest BCUT2D eigenvalue weighted by Crippen LogP contribution is 2.27. The second-order valence-corrected chi connectivity index (χ2v) is 14.2. The number of rotatable bonds is 14. The number of carbonyl (C=O) groups is 2. The smallest absolute Gasteiger partial charge is 0.328 e. The zero-order valence-corrected chi connectivity index (χ0v) is 31.2. The minimum Gasteiger partial charge on any atom is -0.478 e. The predicted octanol–water partition coefficient (Wildman–Crippen LogP) is 0.717. The van der Waals surface area contributed by atoms with E-state index < -0.39 is 24.1 Å². The molecule has 0 bridgehead atoms. The van der Waals surface area contributed by atoms with Gasteiger partial charge in [0.1, 0.15) is 25.4 Å². The van der Waals surface area contributed by atoms with E-state index in [4.69, 9.17) is 29.2 Å². The molecule has 0 radical (unpaired) electrons. The fraction of sp³-hybridized carbons (Fsp3) is 0.733. The highest BCUT2D eigenvalue weighted by atomic mass is 32.1. The summed E-state index contributed by atoms with van der Waals surface area (Å²) in [5, 5.41) is 42.0. The number of morpholine rings is 2. The molecule has 2 saturated heterocycles. The highest BCUT2D eigenvalue weighted by Gasteiger charge is 2.22. The Balaban J connectivity index is 0.000000286. The Hall–Kier alpha value is -3.24. The molecule has 18 nitrogen and oxygen atoms in total. The van der Waals surface area contributed by atoms with E-state index in [1.54, 1.807) is 0 Å². The molecule has 0 aromatic carbocycles. The zero-order chi connectivity index (χ0) is 37.2. The van der Waals surface area contributed by atoms with Crippen LogP contribution in [0.5, 0.6) is 11.8 Å². The summed E-state index contributed by atoms with van der Waals surface area (Å²) < 4.78 is 38.8. The van der Waals surface area contributed by atoms with Crippen LogP contribution in [0, 0.1) is 0 Å². The molecule has 2 aliphatic rings. The lowest BCUT2D eigenvalue weighted by atomic mass is 10.1. The molecule has 2 aromatic heterocycles. The number of nitrogens with one attached hydrogen (secondary N) is 2. The number of nitrogens with zero attached hydrogens (tertiary/aromatic N) is 6. The Morgan fingerprint density at radius 3 is 1.36 bits per heavy atom. The first-order valence-corrected chi connectivity index (χ1v) is 17.6. The summed E-state index contributed by atoms with van der Waals surface area (Å²) in [7, 11) is 0. The largest absolute Gasteiger partial charge is 0.478 e. The van der Waals surface area contributed by atoms with Crippen molar-refractivity contribution in [3.8, 4) is 11.8 Å². The Morgan fingerprint density at radius 1 is 0.720 bits per heavy atom. The standard InChI is InChI=1S/2C13H24N4O3S.C4H4O4/c2*1-13(2,3)14-8-10(18)9-20-12-11(15-21-16-12)17-4-6-19-7-5-17;5-3(6)1-2-4(7)8/h2*10,14,18H,4-9H2,1-3H3;1-2H,(H,5,6)(H,7,8). The van der Waals surface area contributed by atoms with Gasteiger partial charge in [0, 0.05) is 62.5 Å². The number of β-amino-alcohol motifs (C(OH)–C–C–N with tert-alkyl or cyclic N) is 2. The number of ether oxygens (including phenoxy) is 4. The molecular formula is C30H52N8O10S2. The number of anilines is 2. The monoisotopic (exact) mass is 748 g/mol. The van der Waals surface area contributed by atoms with Gasteiger partial charge in [-0.25, -0.2) is 9.59 Å². The third kappa shape index (κ3) is 18.7. The minimum absolute atomic E-state index is 0.0257. The number of carboxylic acid groups (broad SMARTS) is 2. The fourth-order valence-electron chi connectivity index (χ4n) is 3.93. The number of aromatic nitrogens is 4. The number of hydrogen-bond acceptors (Lipinski definition) is 18. The van der Waals surface area contributed by atoms with Crippen molar-refractivity contribution in [2.24, 2.45) is 0 Å². The molecule has 0 saturated carbocycles. The van der Waals surface area contributed by atoms with Crippen LogP contribution in [-0.4, -0.2) is 152 Å². The summed E-state index contributed by atoms with van der Waals surface area (Å²) in [5.41, 5.74) is -0.0513. The molecule has 2 aliphatic heterocycles. The van der Waals surface area contributed by atoms with Crippen LogP contribution in [0.3, 0.4) is 0 Å². The Morgan fingerprint density at radius 2 is 1.06 bits per heavy atom. The van der Waals surface area contributed by atoms with Crippen molar-refractivity contribution < 1.29 is 49.0 Å². The molecule has 6 N–H and O–H groups in total. The molecule has 4 heterocycles. The van der Waals surface area contributed by atoms with Crippen molar-refractivity contribution in [1.82, 2.24) is 28.1 Å². The van der Waals surface area contributed by atoms with Gasteiger partial charge in [0.05, 0.1) is 49.9 Å². The van der Waals surface area contributed by atoms with Crippen LogP contribution in [0.2, 0.25) is 0 Å². The number of hydrogen-bond donors (Lipinski definition) is 6. The number of carboxylic acids is 2. The number of aliphatic hydroxyl groups is 2. The van der Waals surface area contributed by atoms with Gasteiger partial charge >= 0.3 is 11.9 Å². The van der Waals surface area contributed by atoms with Crippen molar-refractivity contribution in [2.75, 3.05) is 88.7 Å². The van der Waals surface area contributed by atoms with Gasteiger partial charge in [0.15, 0.2) is 0 Å². The van der Waals surface area contributed by atoms with Gasteiger partial charge in [-0.1, -0.05) is 0 Å². The lowest BCUT2D eigenvalue weighted by molar-refractivity contribution is -0.134. The van der Waals surface area contributed by atoms with Gasteiger partial charge in [0.25, 0.3) is 11.8 Å². The highest BCUT2D eigenvalue weighted by molar-refractivity contribution is 6.99. The summed E-state index contributed by atoms with van der Waals surface area (Å²) in [6.07, 6.45) is -0.0445. The zero-order valence-electron chi connectivity index (χ0n) is 29.5. The third-order valence-electron chi connectivity index (χ3n) is 6.44. The van der Waals surface area contributed by atoms with Crippen LogP contribution in [0.15, 0.2) is 12.2 Å². The summed E-state index contributed by atoms with van der Waals surface area (Å²) in [6.45, 7) is 19.6. The fourth-order valence-corrected chi connectivity index (χ4v) is 4.97. The van der Waals surface area contributed by atoms with Gasteiger partial charge < -0.3 is 59.8 Å². The first-order chi connectivity index (χ1) is 23.5. The summed E-state index contributed by atoms with van der Waals surface area (Å²) >= 11 is 2.25. The van der Waals surface area contributed by atoms with Crippen LogP contribution < -0.4 is 29.9 Å². The molecule has 0 spiro atoms. The molecule has 2 unspecified atom stereocenters. The quantitative estimate of drug-likeness (QED) is 0.146. The topological polar surface area (TPSA) is 234 Å². The maximum Gasteiger partial charge on any atom is 0.328 e. The maximum atomic E-state index is 9.95. The van der Waals surface area contributed by atoms with Gasteiger partial charge in [-0.05, 0) is 41.5 Å². The molecule has 284 valence electrons. The lowest BCUT2D eigenvalue weighted by Gasteiger charge is -2.27. The molecule has 2 atom stereocenters. The second kappa shape index (κ2) is 21.9. The molecule has 4 rings (SSSR count). The van der Waals surface area contributed by atoms with Crippen LogP contribution in [-0.2, 0) is 19.1 Å². The van der Waals surface area contributed by atoms with Crippen molar-refractivity contribution in [3.63, 3.8) is 0 Å². The van der Waals surface area contributed by atoms with E-state index in [9.17, 15) is 19.8 Å². The number of aliphatic carboxylic acids is 2. The van der Waals surface area contributed by atoms with Crippen molar-refractivity contribution in [3.05, 3.63) is 12.2 Å². The average Bonchev–Trinajstić information content (AvgIpc) is 3.74. The lowest BCUT2D eigenvalue weighted by Crippen LogP contribution is -2.42. The Kier molecular flexibility index (Phi) is 18.8. The van der Waals surface area contributed by atoms with Crippen LogP contribution >= 0.6 is 23.5 Å². The SMILES string of the molecule is CC(C)(C)NCC(O)COc1nsnc1N1CCOCC1.CC(C)(C)NCC(O)COc1nsnc1N1CCOCC1.O=C(O)C=CC(=O)O. The third-order valence-corrected chi connectivity index (χ3v) is 7.44.